The summed E-state index contributed by atoms with van der Waals surface area (Å²) in [5.74, 6) is 1.33. The van der Waals surface area contributed by atoms with E-state index >= 15 is 0 Å². The number of aromatic nitrogens is 3. The Kier molecular flexibility index (Phi) is 5.19. The van der Waals surface area contributed by atoms with E-state index in [4.69, 9.17) is 4.98 Å². The standard InChI is InChI=1S/C22H26N4O/c1-2-20-24-19-11-7-14-23-22(19)26(20)18-13-15-25(16-18)21(27)12-6-10-17-8-4-3-5-9-17/h3-5,7-9,11,14,18H,2,6,10,12-13,15-16H2,1H3/t18-/m0/s1. The molecular weight excluding hydrogens is 336 g/mol. The average molecular weight is 362 g/mol. The first kappa shape index (κ1) is 17.7. The van der Waals surface area contributed by atoms with E-state index in [9.17, 15) is 4.79 Å². The van der Waals surface area contributed by atoms with Crippen LogP contribution < -0.4 is 0 Å². The molecule has 0 aliphatic carbocycles. The molecule has 27 heavy (non-hydrogen) atoms. The molecule has 1 atom stereocenters. The van der Waals surface area contributed by atoms with Crippen LogP contribution in [0.1, 0.15) is 43.6 Å². The van der Waals surface area contributed by atoms with Crippen molar-refractivity contribution in [1.82, 2.24) is 19.4 Å². The van der Waals surface area contributed by atoms with Gasteiger partial charge in [-0.1, -0.05) is 37.3 Å². The lowest BCUT2D eigenvalue weighted by atomic mass is 10.1. The molecule has 0 saturated carbocycles. The number of carbonyl (C=O) groups is 1. The molecule has 0 N–H and O–H groups in total. The SMILES string of the molecule is CCc1nc2cccnc2n1[C@H]1CCN(C(=O)CCCc2ccccc2)C1. The molecule has 1 fully saturated rings. The minimum Gasteiger partial charge on any atom is -0.341 e. The van der Waals surface area contributed by atoms with Gasteiger partial charge in [0.1, 0.15) is 11.3 Å². The lowest BCUT2D eigenvalue weighted by molar-refractivity contribution is -0.130. The number of imidazole rings is 1. The molecule has 0 spiro atoms. The molecule has 1 aromatic carbocycles. The maximum absolute atomic E-state index is 12.7. The fourth-order valence-electron chi connectivity index (χ4n) is 4.04. The highest BCUT2D eigenvalue weighted by atomic mass is 16.2. The van der Waals surface area contributed by atoms with Gasteiger partial charge in [-0.3, -0.25) is 4.79 Å². The first-order valence-corrected chi connectivity index (χ1v) is 9.89. The minimum atomic E-state index is 0.267. The largest absolute Gasteiger partial charge is 0.341 e. The van der Waals surface area contributed by atoms with E-state index in [2.05, 4.69) is 40.7 Å². The van der Waals surface area contributed by atoms with Crippen molar-refractivity contribution in [3.8, 4) is 0 Å². The van der Waals surface area contributed by atoms with Crippen molar-refractivity contribution in [3.05, 3.63) is 60.0 Å². The van der Waals surface area contributed by atoms with Crippen LogP contribution in [0.4, 0.5) is 0 Å². The Hall–Kier alpha value is -2.69. The number of hydrogen-bond donors (Lipinski definition) is 0. The summed E-state index contributed by atoms with van der Waals surface area (Å²) in [6.45, 7) is 3.71. The summed E-state index contributed by atoms with van der Waals surface area (Å²) in [6.07, 6.45) is 6.14. The quantitative estimate of drug-likeness (QED) is 0.670. The minimum absolute atomic E-state index is 0.267. The fraction of sp³-hybridized carbons (Fsp3) is 0.409. The molecule has 1 saturated heterocycles. The van der Waals surface area contributed by atoms with Crippen LogP contribution in [0, 0.1) is 0 Å². The first-order valence-electron chi connectivity index (χ1n) is 9.89. The zero-order valence-corrected chi connectivity index (χ0v) is 15.8. The fourth-order valence-corrected chi connectivity index (χ4v) is 4.04. The molecule has 0 unspecified atom stereocenters. The van der Waals surface area contributed by atoms with Crippen molar-refractivity contribution >= 4 is 17.1 Å². The van der Waals surface area contributed by atoms with Gasteiger partial charge in [-0.15, -0.1) is 0 Å². The summed E-state index contributed by atoms with van der Waals surface area (Å²) in [4.78, 5) is 23.9. The third kappa shape index (κ3) is 3.72. The predicted molar refractivity (Wildman–Crippen MR) is 107 cm³/mol. The lowest BCUT2D eigenvalue weighted by Gasteiger charge is -2.18. The highest BCUT2D eigenvalue weighted by Crippen LogP contribution is 2.28. The Morgan fingerprint density at radius 1 is 1.19 bits per heavy atom. The van der Waals surface area contributed by atoms with Crippen LogP contribution in [0.15, 0.2) is 48.7 Å². The number of aryl methyl sites for hydroxylation is 2. The van der Waals surface area contributed by atoms with Gasteiger partial charge in [0, 0.05) is 32.1 Å². The van der Waals surface area contributed by atoms with E-state index in [0.717, 1.165) is 55.8 Å². The Labute approximate surface area is 160 Å². The molecule has 2 aromatic heterocycles. The average Bonchev–Trinajstić information content (AvgIpc) is 3.33. The van der Waals surface area contributed by atoms with Gasteiger partial charge in [0.05, 0.1) is 6.04 Å². The smallest absolute Gasteiger partial charge is 0.222 e. The maximum Gasteiger partial charge on any atom is 0.222 e. The number of likely N-dealkylation sites (tertiary alicyclic amines) is 1. The van der Waals surface area contributed by atoms with Crippen LogP contribution in [-0.4, -0.2) is 38.4 Å². The highest BCUT2D eigenvalue weighted by molar-refractivity contribution is 5.76. The first-order chi connectivity index (χ1) is 13.3. The van der Waals surface area contributed by atoms with E-state index < -0.39 is 0 Å². The maximum atomic E-state index is 12.7. The molecule has 3 heterocycles. The van der Waals surface area contributed by atoms with Crippen LogP contribution in [-0.2, 0) is 17.6 Å². The highest BCUT2D eigenvalue weighted by Gasteiger charge is 2.29. The zero-order valence-electron chi connectivity index (χ0n) is 15.8. The van der Waals surface area contributed by atoms with Crippen LogP contribution in [0.25, 0.3) is 11.2 Å². The predicted octanol–water partition coefficient (Wildman–Crippen LogP) is 3.79. The molecule has 4 rings (SSSR count). The summed E-state index contributed by atoms with van der Waals surface area (Å²) in [5, 5.41) is 0. The van der Waals surface area contributed by atoms with Gasteiger partial charge in [-0.05, 0) is 37.0 Å². The van der Waals surface area contributed by atoms with Gasteiger partial charge in [0.25, 0.3) is 0 Å². The van der Waals surface area contributed by atoms with Gasteiger partial charge in [0.2, 0.25) is 5.91 Å². The van der Waals surface area contributed by atoms with Gasteiger partial charge in [-0.25, -0.2) is 9.97 Å². The number of rotatable bonds is 6. The van der Waals surface area contributed by atoms with Gasteiger partial charge in [-0.2, -0.15) is 0 Å². The van der Waals surface area contributed by atoms with Crippen molar-refractivity contribution < 1.29 is 4.79 Å². The second kappa shape index (κ2) is 7.91. The third-order valence-corrected chi connectivity index (χ3v) is 5.42. The normalized spacial score (nSPS) is 16.9. The van der Waals surface area contributed by atoms with E-state index in [-0.39, 0.29) is 11.9 Å². The molecule has 1 amide bonds. The van der Waals surface area contributed by atoms with Gasteiger partial charge >= 0.3 is 0 Å². The number of carbonyl (C=O) groups excluding carboxylic acids is 1. The summed E-state index contributed by atoms with van der Waals surface area (Å²) in [5.41, 5.74) is 3.19. The van der Waals surface area contributed by atoms with E-state index in [1.165, 1.54) is 5.56 Å². The van der Waals surface area contributed by atoms with Crippen molar-refractivity contribution in [3.63, 3.8) is 0 Å². The van der Waals surface area contributed by atoms with E-state index in [0.29, 0.717) is 6.42 Å². The van der Waals surface area contributed by atoms with Crippen molar-refractivity contribution in [2.24, 2.45) is 0 Å². The Balaban J connectivity index is 1.39. The molecule has 140 valence electrons. The summed E-state index contributed by atoms with van der Waals surface area (Å²) >= 11 is 0. The molecule has 5 nitrogen and oxygen atoms in total. The summed E-state index contributed by atoms with van der Waals surface area (Å²) in [6, 6.07) is 14.6. The van der Waals surface area contributed by atoms with Crippen LogP contribution in [0.2, 0.25) is 0 Å². The molecular formula is C22H26N4O. The van der Waals surface area contributed by atoms with Crippen molar-refractivity contribution in [2.75, 3.05) is 13.1 Å². The third-order valence-electron chi connectivity index (χ3n) is 5.42. The van der Waals surface area contributed by atoms with Crippen LogP contribution >= 0.6 is 0 Å². The molecule has 5 heteroatoms. The number of benzene rings is 1. The van der Waals surface area contributed by atoms with Crippen molar-refractivity contribution in [1.29, 1.82) is 0 Å². The molecule has 0 radical (unpaired) electrons. The number of pyridine rings is 1. The van der Waals surface area contributed by atoms with Crippen LogP contribution in [0.5, 0.6) is 0 Å². The monoisotopic (exact) mass is 362 g/mol. The molecule has 1 aliphatic rings. The van der Waals surface area contributed by atoms with Gasteiger partial charge in [0.15, 0.2) is 5.65 Å². The van der Waals surface area contributed by atoms with E-state index in [1.807, 2.05) is 29.3 Å². The topological polar surface area (TPSA) is 51.0 Å². The number of hydrogen-bond acceptors (Lipinski definition) is 3. The van der Waals surface area contributed by atoms with Gasteiger partial charge < -0.3 is 9.47 Å². The number of nitrogens with zero attached hydrogens (tertiary/aromatic N) is 4. The zero-order chi connectivity index (χ0) is 18.6. The molecule has 0 bridgehead atoms. The summed E-state index contributed by atoms with van der Waals surface area (Å²) in [7, 11) is 0. The Morgan fingerprint density at radius 3 is 2.85 bits per heavy atom. The summed E-state index contributed by atoms with van der Waals surface area (Å²) < 4.78 is 2.26. The second-order valence-electron chi connectivity index (χ2n) is 7.22. The Bertz CT molecular complexity index is 918. The second-order valence-corrected chi connectivity index (χ2v) is 7.22. The molecule has 1 aliphatic heterocycles. The van der Waals surface area contributed by atoms with Crippen molar-refractivity contribution in [2.45, 2.75) is 45.1 Å². The lowest BCUT2D eigenvalue weighted by Crippen LogP contribution is -2.29. The van der Waals surface area contributed by atoms with E-state index in [1.54, 1.807) is 0 Å². The molecule has 3 aromatic rings. The Morgan fingerprint density at radius 2 is 2.04 bits per heavy atom. The van der Waals surface area contributed by atoms with Crippen LogP contribution in [0.3, 0.4) is 0 Å². The number of fused-ring (bicyclic) bond motifs is 1. The number of amides is 1.